The first-order chi connectivity index (χ1) is 5.12. The van der Waals surface area contributed by atoms with Crippen LogP contribution in [-0.2, 0) is 0 Å². The Morgan fingerprint density at radius 1 is 1.27 bits per heavy atom. The van der Waals surface area contributed by atoms with E-state index in [1.54, 1.807) is 0 Å². The van der Waals surface area contributed by atoms with Crippen LogP contribution >= 0.6 is 0 Å². The lowest BCUT2D eigenvalue weighted by atomic mass is 9.84. The molecule has 0 spiro atoms. The smallest absolute Gasteiger partial charge is 0.0137 e. The van der Waals surface area contributed by atoms with Crippen molar-refractivity contribution in [1.82, 2.24) is 0 Å². The van der Waals surface area contributed by atoms with Gasteiger partial charge in [-0.05, 0) is 11.8 Å². The molecule has 0 nitrogen and oxygen atoms in total. The number of rotatable bonds is 5. The summed E-state index contributed by atoms with van der Waals surface area (Å²) < 4.78 is 0. The zero-order valence-corrected chi connectivity index (χ0v) is 8.11. The number of unbranched alkanes of at least 4 members (excludes halogenated alkanes) is 2. The second kappa shape index (κ2) is 5.24. The van der Waals surface area contributed by atoms with Crippen LogP contribution in [0.4, 0.5) is 0 Å². The molecule has 0 atom stereocenters. The molecule has 0 unspecified atom stereocenters. The van der Waals surface area contributed by atoms with Crippen LogP contribution in [0.1, 0.15) is 52.9 Å². The lowest BCUT2D eigenvalue weighted by molar-refractivity contribution is 0.330. The normalized spacial score (nSPS) is 11.1. The number of hydrogen-bond acceptors (Lipinski definition) is 0. The minimum atomic E-state index is 0.365. The summed E-state index contributed by atoms with van der Waals surface area (Å²) in [5.74, 6) is 2.73. The zero-order chi connectivity index (χ0) is 8.74. The van der Waals surface area contributed by atoms with Gasteiger partial charge in [0, 0.05) is 6.42 Å². The molecule has 0 aromatic carbocycles. The highest BCUT2D eigenvalue weighted by Crippen LogP contribution is 2.26. The quantitative estimate of drug-likeness (QED) is 0.417. The molecule has 0 aliphatic carbocycles. The van der Waals surface area contributed by atoms with Gasteiger partial charge in [-0.25, -0.2) is 0 Å². The molecule has 0 heteroatoms. The molecule has 0 rings (SSSR count). The van der Waals surface area contributed by atoms with E-state index in [1.807, 2.05) is 0 Å². The Kier molecular flexibility index (Phi) is 5.03. The van der Waals surface area contributed by atoms with Gasteiger partial charge in [0.2, 0.25) is 0 Å². The van der Waals surface area contributed by atoms with Gasteiger partial charge in [-0.15, -0.1) is 12.3 Å². The molecule has 0 radical (unpaired) electrons. The molecule has 0 amide bonds. The molecular formula is C11H20. The minimum Gasteiger partial charge on any atom is -0.120 e. The largest absolute Gasteiger partial charge is 0.120 e. The third kappa shape index (κ3) is 5.98. The summed E-state index contributed by atoms with van der Waals surface area (Å²) in [6, 6.07) is 0. The van der Waals surface area contributed by atoms with Crippen molar-refractivity contribution in [2.45, 2.75) is 52.9 Å². The Hall–Kier alpha value is -0.440. The molecule has 0 N–H and O–H groups in total. The van der Waals surface area contributed by atoms with E-state index >= 15 is 0 Å². The van der Waals surface area contributed by atoms with Crippen LogP contribution in [0.25, 0.3) is 0 Å². The summed E-state index contributed by atoms with van der Waals surface area (Å²) in [5, 5.41) is 0. The molecule has 0 aromatic heterocycles. The van der Waals surface area contributed by atoms with E-state index in [-0.39, 0.29) is 0 Å². The maximum absolute atomic E-state index is 5.27. The summed E-state index contributed by atoms with van der Waals surface area (Å²) in [7, 11) is 0. The second-order valence-corrected chi connectivity index (χ2v) is 4.00. The average Bonchev–Trinajstić information content (AvgIpc) is 1.87. The van der Waals surface area contributed by atoms with Gasteiger partial charge in [0.05, 0.1) is 0 Å². The molecule has 0 aliphatic heterocycles. The number of hydrogen-bond donors (Lipinski definition) is 0. The Morgan fingerprint density at radius 3 is 2.36 bits per heavy atom. The Balaban J connectivity index is 3.48. The van der Waals surface area contributed by atoms with E-state index in [2.05, 4.69) is 26.7 Å². The lowest BCUT2D eigenvalue weighted by Gasteiger charge is -2.21. The van der Waals surface area contributed by atoms with E-state index < -0.39 is 0 Å². The molecule has 0 fully saturated rings. The highest BCUT2D eigenvalue weighted by Gasteiger charge is 2.14. The molecular weight excluding hydrogens is 132 g/mol. The molecule has 11 heavy (non-hydrogen) atoms. The maximum Gasteiger partial charge on any atom is 0.0137 e. The summed E-state index contributed by atoms with van der Waals surface area (Å²) in [4.78, 5) is 0. The number of terminal acetylenes is 1. The van der Waals surface area contributed by atoms with E-state index in [0.717, 1.165) is 6.42 Å². The van der Waals surface area contributed by atoms with Gasteiger partial charge in [0.1, 0.15) is 0 Å². The van der Waals surface area contributed by atoms with Gasteiger partial charge in [-0.1, -0.05) is 40.0 Å². The highest BCUT2D eigenvalue weighted by atomic mass is 14.2. The van der Waals surface area contributed by atoms with Crippen molar-refractivity contribution in [2.75, 3.05) is 0 Å². The molecule has 0 aliphatic rings. The second-order valence-electron chi connectivity index (χ2n) is 4.00. The lowest BCUT2D eigenvalue weighted by Crippen LogP contribution is -2.09. The van der Waals surface area contributed by atoms with Crippen LogP contribution in [0.2, 0.25) is 0 Å². The van der Waals surface area contributed by atoms with Crippen LogP contribution < -0.4 is 0 Å². The topological polar surface area (TPSA) is 0 Å². The predicted molar refractivity (Wildman–Crippen MR) is 51.4 cm³/mol. The van der Waals surface area contributed by atoms with E-state index in [0.29, 0.717) is 5.41 Å². The molecule has 64 valence electrons. The predicted octanol–water partition coefficient (Wildman–Crippen LogP) is 3.62. The first-order valence-electron chi connectivity index (χ1n) is 4.56. The van der Waals surface area contributed by atoms with Gasteiger partial charge in [-0.2, -0.15) is 0 Å². The van der Waals surface area contributed by atoms with Crippen molar-refractivity contribution >= 4 is 0 Å². The molecule has 0 aromatic rings. The average molecular weight is 152 g/mol. The van der Waals surface area contributed by atoms with Crippen molar-refractivity contribution in [3.05, 3.63) is 0 Å². The Morgan fingerprint density at radius 2 is 1.91 bits per heavy atom. The third-order valence-corrected chi connectivity index (χ3v) is 2.04. The van der Waals surface area contributed by atoms with Crippen LogP contribution in [-0.4, -0.2) is 0 Å². The van der Waals surface area contributed by atoms with Crippen LogP contribution in [0, 0.1) is 17.8 Å². The Bertz CT molecular complexity index is 125. The first-order valence-corrected chi connectivity index (χ1v) is 4.56. The fourth-order valence-corrected chi connectivity index (χ4v) is 1.22. The van der Waals surface area contributed by atoms with Crippen LogP contribution in [0.5, 0.6) is 0 Å². The highest BCUT2D eigenvalue weighted by molar-refractivity contribution is 4.90. The van der Waals surface area contributed by atoms with Gasteiger partial charge < -0.3 is 0 Å². The van der Waals surface area contributed by atoms with Gasteiger partial charge in [0.25, 0.3) is 0 Å². The standard InChI is InChI=1S/C11H20/c1-5-7-8-10-11(3,4)9-6-2/h2H,5,7-10H2,1,3-4H3. The summed E-state index contributed by atoms with van der Waals surface area (Å²) in [5.41, 5.74) is 0.365. The summed E-state index contributed by atoms with van der Waals surface area (Å²) in [6.07, 6.45) is 11.4. The molecule has 0 saturated carbocycles. The fraction of sp³-hybridized carbons (Fsp3) is 0.818. The van der Waals surface area contributed by atoms with Crippen molar-refractivity contribution in [2.24, 2.45) is 5.41 Å². The van der Waals surface area contributed by atoms with Crippen molar-refractivity contribution in [1.29, 1.82) is 0 Å². The minimum absolute atomic E-state index is 0.365. The van der Waals surface area contributed by atoms with E-state index in [1.165, 1.54) is 25.7 Å². The van der Waals surface area contributed by atoms with Crippen molar-refractivity contribution in [3.8, 4) is 12.3 Å². The molecule has 0 saturated heterocycles. The van der Waals surface area contributed by atoms with Gasteiger partial charge in [-0.3, -0.25) is 0 Å². The monoisotopic (exact) mass is 152 g/mol. The van der Waals surface area contributed by atoms with Crippen molar-refractivity contribution < 1.29 is 0 Å². The first kappa shape index (κ1) is 10.6. The van der Waals surface area contributed by atoms with Crippen LogP contribution in [0.3, 0.4) is 0 Å². The van der Waals surface area contributed by atoms with E-state index in [9.17, 15) is 0 Å². The zero-order valence-electron chi connectivity index (χ0n) is 8.11. The summed E-state index contributed by atoms with van der Waals surface area (Å²) in [6.45, 7) is 6.74. The Labute approximate surface area is 71.4 Å². The molecule has 0 heterocycles. The SMILES string of the molecule is C#CCC(C)(C)CCCCC. The van der Waals surface area contributed by atoms with Crippen LogP contribution in [0.15, 0.2) is 0 Å². The van der Waals surface area contributed by atoms with E-state index in [4.69, 9.17) is 6.42 Å². The van der Waals surface area contributed by atoms with Gasteiger partial charge >= 0.3 is 0 Å². The maximum atomic E-state index is 5.27. The fourth-order valence-electron chi connectivity index (χ4n) is 1.22. The summed E-state index contributed by atoms with van der Waals surface area (Å²) >= 11 is 0. The third-order valence-electron chi connectivity index (χ3n) is 2.04. The van der Waals surface area contributed by atoms with Gasteiger partial charge in [0.15, 0.2) is 0 Å². The molecule has 0 bridgehead atoms. The van der Waals surface area contributed by atoms with Crippen molar-refractivity contribution in [3.63, 3.8) is 0 Å².